The Morgan fingerprint density at radius 3 is 2.58 bits per heavy atom. The number of carbonyl (C=O) groups excluding carboxylic acids is 2. The van der Waals surface area contributed by atoms with Crippen LogP contribution in [0.1, 0.15) is 40.2 Å². The van der Waals surface area contributed by atoms with Crippen molar-refractivity contribution in [2.75, 3.05) is 20.0 Å². The molecule has 12 heteroatoms. The van der Waals surface area contributed by atoms with Gasteiger partial charge in [0.2, 0.25) is 0 Å². The lowest BCUT2D eigenvalue weighted by molar-refractivity contribution is -0.140. The van der Waals surface area contributed by atoms with E-state index in [0.717, 1.165) is 16.9 Å². The van der Waals surface area contributed by atoms with Crippen LogP contribution in [0.4, 0.5) is 0 Å². The van der Waals surface area contributed by atoms with Gasteiger partial charge in [0.25, 0.3) is 0 Å². The Hall–Kier alpha value is -3.41. The zero-order valence-corrected chi connectivity index (χ0v) is 23.2. The molecule has 0 spiro atoms. The van der Waals surface area contributed by atoms with E-state index in [1.54, 1.807) is 41.2 Å². The average Bonchev–Trinajstić information content (AvgIpc) is 3.50. The summed E-state index contributed by atoms with van der Waals surface area (Å²) in [6, 6.07) is 14.1. The molecule has 4 rings (SSSR count). The van der Waals surface area contributed by atoms with Crippen molar-refractivity contribution < 1.29 is 32.2 Å². The third kappa shape index (κ3) is 6.17. The summed E-state index contributed by atoms with van der Waals surface area (Å²) >= 11 is 7.48. The standard InChI is InChI=1S/C26H25ClN2O7S2/c1-16(18-6-4-5-7-19(18)27)36-22-13-23(37-25(22)26(31)35-3)29-15-28-20-9-8-17(12-21(20)29)14-38(32,33)11-10-24(30)34-2/h4-9,12-13,15-16H,10-11,14H2,1-3H3/t16-/m1/s1. The summed E-state index contributed by atoms with van der Waals surface area (Å²) < 4.78 is 42.5. The molecule has 0 aliphatic rings. The largest absolute Gasteiger partial charge is 0.484 e. The van der Waals surface area contributed by atoms with Gasteiger partial charge in [-0.1, -0.05) is 35.9 Å². The van der Waals surface area contributed by atoms with Gasteiger partial charge in [-0.3, -0.25) is 9.36 Å². The number of methoxy groups -OCH3 is 2. The van der Waals surface area contributed by atoms with Crippen LogP contribution in [0, 0.1) is 0 Å². The lowest BCUT2D eigenvalue weighted by Gasteiger charge is -2.16. The van der Waals surface area contributed by atoms with Gasteiger partial charge >= 0.3 is 11.9 Å². The Morgan fingerprint density at radius 1 is 1.11 bits per heavy atom. The zero-order chi connectivity index (χ0) is 27.4. The highest BCUT2D eigenvalue weighted by Gasteiger charge is 2.23. The fourth-order valence-electron chi connectivity index (χ4n) is 3.85. The summed E-state index contributed by atoms with van der Waals surface area (Å²) in [5.74, 6) is -1.36. The average molecular weight is 577 g/mol. The molecule has 4 aromatic rings. The molecule has 0 N–H and O–H groups in total. The minimum atomic E-state index is -3.55. The number of ether oxygens (including phenoxy) is 3. The SMILES string of the molecule is COC(=O)CCS(=O)(=O)Cc1ccc2ncn(-c3cc(O[C@H](C)c4ccccc4Cl)c(C(=O)OC)s3)c2c1. The third-order valence-electron chi connectivity index (χ3n) is 5.78. The van der Waals surface area contributed by atoms with Gasteiger partial charge in [-0.15, -0.1) is 11.3 Å². The molecule has 0 aliphatic carbocycles. The molecular formula is C26H25ClN2O7S2. The molecule has 0 saturated heterocycles. The van der Waals surface area contributed by atoms with Crippen LogP contribution in [0.3, 0.4) is 0 Å². The van der Waals surface area contributed by atoms with Crippen molar-refractivity contribution >= 4 is 55.7 Å². The molecule has 0 amide bonds. The van der Waals surface area contributed by atoms with Crippen molar-refractivity contribution in [1.29, 1.82) is 0 Å². The van der Waals surface area contributed by atoms with Gasteiger partial charge in [0.1, 0.15) is 23.2 Å². The van der Waals surface area contributed by atoms with Crippen LogP contribution in [-0.2, 0) is 29.9 Å². The Labute approximate surface area is 228 Å². The predicted octanol–water partition coefficient (Wildman–Crippen LogP) is 5.14. The molecule has 9 nitrogen and oxygen atoms in total. The van der Waals surface area contributed by atoms with E-state index in [-0.39, 0.29) is 22.8 Å². The number of hydrogen-bond donors (Lipinski definition) is 0. The van der Waals surface area contributed by atoms with Crippen molar-refractivity contribution in [3.05, 3.63) is 75.9 Å². The number of imidazole rings is 1. The maximum absolute atomic E-state index is 12.6. The maximum atomic E-state index is 12.6. The first-order valence-electron chi connectivity index (χ1n) is 11.5. The number of fused-ring (bicyclic) bond motifs is 1. The number of aromatic nitrogens is 2. The molecule has 0 radical (unpaired) electrons. The van der Waals surface area contributed by atoms with E-state index in [0.29, 0.717) is 32.4 Å². The molecule has 200 valence electrons. The van der Waals surface area contributed by atoms with Crippen LogP contribution in [0.2, 0.25) is 5.02 Å². The molecule has 0 bridgehead atoms. The number of hydrogen-bond acceptors (Lipinski definition) is 9. The topological polar surface area (TPSA) is 114 Å². The Bertz CT molecular complexity index is 1590. The van der Waals surface area contributed by atoms with Crippen LogP contribution in [0.5, 0.6) is 5.75 Å². The minimum absolute atomic E-state index is 0.208. The van der Waals surface area contributed by atoms with Crippen LogP contribution in [0.15, 0.2) is 54.9 Å². The maximum Gasteiger partial charge on any atom is 0.351 e. The molecule has 2 heterocycles. The molecule has 2 aromatic carbocycles. The number of carbonyl (C=O) groups is 2. The first-order valence-corrected chi connectivity index (χ1v) is 14.5. The van der Waals surface area contributed by atoms with Gasteiger partial charge in [0.05, 0.1) is 43.2 Å². The monoisotopic (exact) mass is 576 g/mol. The molecule has 2 aromatic heterocycles. The lowest BCUT2D eigenvalue weighted by Crippen LogP contribution is -2.14. The highest BCUT2D eigenvalue weighted by molar-refractivity contribution is 7.90. The summed E-state index contributed by atoms with van der Waals surface area (Å²) in [6.45, 7) is 1.83. The number of sulfone groups is 1. The van der Waals surface area contributed by atoms with E-state index in [2.05, 4.69) is 9.72 Å². The van der Waals surface area contributed by atoms with E-state index < -0.39 is 27.9 Å². The Morgan fingerprint density at radius 2 is 1.87 bits per heavy atom. The molecule has 0 unspecified atom stereocenters. The van der Waals surface area contributed by atoms with Crippen LogP contribution < -0.4 is 4.74 Å². The van der Waals surface area contributed by atoms with E-state index >= 15 is 0 Å². The molecular weight excluding hydrogens is 552 g/mol. The number of nitrogens with zero attached hydrogens (tertiary/aromatic N) is 2. The highest BCUT2D eigenvalue weighted by atomic mass is 35.5. The normalized spacial score (nSPS) is 12.3. The quantitative estimate of drug-likeness (QED) is 0.238. The summed E-state index contributed by atoms with van der Waals surface area (Å²) in [5, 5.41) is 1.17. The van der Waals surface area contributed by atoms with Crippen molar-refractivity contribution in [2.45, 2.75) is 25.2 Å². The number of rotatable bonds is 10. The van der Waals surface area contributed by atoms with Crippen molar-refractivity contribution in [3.63, 3.8) is 0 Å². The predicted molar refractivity (Wildman–Crippen MR) is 145 cm³/mol. The smallest absolute Gasteiger partial charge is 0.351 e. The van der Waals surface area contributed by atoms with Gasteiger partial charge < -0.3 is 14.2 Å². The van der Waals surface area contributed by atoms with Gasteiger partial charge in [-0.2, -0.15) is 0 Å². The lowest BCUT2D eigenvalue weighted by atomic mass is 10.1. The first-order chi connectivity index (χ1) is 18.1. The fourth-order valence-corrected chi connectivity index (χ4v) is 6.44. The second kappa shape index (κ2) is 11.5. The van der Waals surface area contributed by atoms with Gasteiger partial charge in [0, 0.05) is 16.7 Å². The van der Waals surface area contributed by atoms with Crippen molar-refractivity contribution in [3.8, 4) is 10.8 Å². The molecule has 38 heavy (non-hydrogen) atoms. The Balaban J connectivity index is 1.66. The van der Waals surface area contributed by atoms with Crippen LogP contribution in [-0.4, -0.2) is 49.9 Å². The second-order valence-electron chi connectivity index (χ2n) is 8.41. The second-order valence-corrected chi connectivity index (χ2v) is 12.0. The Kier molecular flexibility index (Phi) is 8.39. The van der Waals surface area contributed by atoms with Crippen molar-refractivity contribution in [1.82, 2.24) is 9.55 Å². The summed E-state index contributed by atoms with van der Waals surface area (Å²) in [5.41, 5.74) is 2.59. The molecule has 0 aliphatic heterocycles. The van der Waals surface area contributed by atoms with Crippen LogP contribution in [0.25, 0.3) is 16.0 Å². The fraction of sp³-hybridized carbons (Fsp3) is 0.269. The highest BCUT2D eigenvalue weighted by Crippen LogP contribution is 2.37. The molecule has 0 saturated carbocycles. The number of halogens is 1. The minimum Gasteiger partial charge on any atom is -0.484 e. The van der Waals surface area contributed by atoms with Gasteiger partial charge in [0.15, 0.2) is 14.7 Å². The van der Waals surface area contributed by atoms with E-state index in [9.17, 15) is 18.0 Å². The summed E-state index contributed by atoms with van der Waals surface area (Å²) in [4.78, 5) is 28.6. The number of esters is 2. The molecule has 0 fully saturated rings. The third-order valence-corrected chi connectivity index (χ3v) is 8.82. The first kappa shape index (κ1) is 27.6. The van der Waals surface area contributed by atoms with Crippen molar-refractivity contribution in [2.24, 2.45) is 0 Å². The number of thiophene rings is 1. The zero-order valence-electron chi connectivity index (χ0n) is 20.8. The van der Waals surface area contributed by atoms with E-state index in [1.165, 1.54) is 14.2 Å². The van der Waals surface area contributed by atoms with E-state index in [1.807, 2.05) is 25.1 Å². The van der Waals surface area contributed by atoms with Gasteiger partial charge in [-0.05, 0) is 30.7 Å². The number of benzene rings is 2. The van der Waals surface area contributed by atoms with Crippen LogP contribution >= 0.6 is 22.9 Å². The molecule has 1 atom stereocenters. The summed E-state index contributed by atoms with van der Waals surface area (Å²) in [7, 11) is -1.04. The summed E-state index contributed by atoms with van der Waals surface area (Å²) in [6.07, 6.45) is 0.935. The van der Waals surface area contributed by atoms with E-state index in [4.69, 9.17) is 21.1 Å². The van der Waals surface area contributed by atoms with Gasteiger partial charge in [-0.25, -0.2) is 18.2 Å².